The Bertz CT molecular complexity index is 452. The van der Waals surface area contributed by atoms with Crippen LogP contribution in [0.4, 0.5) is 4.39 Å². The number of halogens is 2. The monoisotopic (exact) mass is 297 g/mol. The van der Waals surface area contributed by atoms with Crippen molar-refractivity contribution in [1.82, 2.24) is 0 Å². The number of hydrogen-bond acceptors (Lipinski definition) is 1. The van der Waals surface area contributed by atoms with Gasteiger partial charge in [-0.05, 0) is 60.8 Å². The fourth-order valence-electron chi connectivity index (χ4n) is 3.77. The van der Waals surface area contributed by atoms with E-state index in [4.69, 9.17) is 17.3 Å². The number of hydrogen-bond donors (Lipinski definition) is 1. The standard InChI is InChI=1S/C17H25ClFN/c1-12(2)11-17(7-3-4-8-17)16(20)10-13-9-14(19)5-6-15(13)18/h5-6,9,12,16H,3-4,7-8,10-11,20H2,1-2H3. The first-order valence-electron chi connectivity index (χ1n) is 7.62. The molecule has 0 aliphatic heterocycles. The van der Waals surface area contributed by atoms with Crippen LogP contribution in [0.5, 0.6) is 0 Å². The summed E-state index contributed by atoms with van der Waals surface area (Å²) >= 11 is 6.18. The predicted molar refractivity (Wildman–Crippen MR) is 83.4 cm³/mol. The zero-order valence-corrected chi connectivity index (χ0v) is 13.2. The topological polar surface area (TPSA) is 26.0 Å². The van der Waals surface area contributed by atoms with Crippen LogP contribution in [-0.2, 0) is 6.42 Å². The molecule has 2 N–H and O–H groups in total. The molecule has 1 unspecified atom stereocenters. The first kappa shape index (κ1) is 15.8. The van der Waals surface area contributed by atoms with Gasteiger partial charge < -0.3 is 5.73 Å². The summed E-state index contributed by atoms with van der Waals surface area (Å²) in [5.41, 5.74) is 7.59. The minimum Gasteiger partial charge on any atom is -0.327 e. The Morgan fingerprint density at radius 1 is 1.30 bits per heavy atom. The van der Waals surface area contributed by atoms with Crippen molar-refractivity contribution in [2.75, 3.05) is 0 Å². The summed E-state index contributed by atoms with van der Waals surface area (Å²) in [6.07, 6.45) is 6.73. The SMILES string of the molecule is CC(C)CC1(C(N)Cc2cc(F)ccc2Cl)CCCC1. The molecule has 20 heavy (non-hydrogen) atoms. The predicted octanol–water partition coefficient (Wildman–Crippen LogP) is 4.96. The zero-order valence-electron chi connectivity index (χ0n) is 12.5. The molecular weight excluding hydrogens is 273 g/mol. The van der Waals surface area contributed by atoms with Gasteiger partial charge in [-0.3, -0.25) is 0 Å². The van der Waals surface area contributed by atoms with Crippen LogP contribution in [0.2, 0.25) is 5.02 Å². The lowest BCUT2D eigenvalue weighted by atomic mass is 9.71. The lowest BCUT2D eigenvalue weighted by molar-refractivity contribution is 0.181. The Hall–Kier alpha value is -0.600. The molecule has 0 heterocycles. The highest BCUT2D eigenvalue weighted by Gasteiger charge is 2.39. The largest absolute Gasteiger partial charge is 0.327 e. The van der Waals surface area contributed by atoms with Crippen LogP contribution in [0.3, 0.4) is 0 Å². The second-order valence-electron chi connectivity index (χ2n) is 6.71. The number of benzene rings is 1. The summed E-state index contributed by atoms with van der Waals surface area (Å²) in [5, 5.41) is 0.625. The third kappa shape index (κ3) is 3.53. The molecule has 0 radical (unpaired) electrons. The molecule has 0 saturated heterocycles. The second-order valence-corrected chi connectivity index (χ2v) is 7.12. The van der Waals surface area contributed by atoms with Crippen LogP contribution in [0.15, 0.2) is 18.2 Å². The molecule has 1 aliphatic carbocycles. The normalized spacial score (nSPS) is 19.5. The summed E-state index contributed by atoms with van der Waals surface area (Å²) in [6.45, 7) is 4.50. The molecule has 0 spiro atoms. The van der Waals surface area contributed by atoms with Crippen molar-refractivity contribution in [1.29, 1.82) is 0 Å². The Kier molecular flexibility index (Phi) is 5.09. The van der Waals surface area contributed by atoms with Crippen LogP contribution < -0.4 is 5.73 Å². The van der Waals surface area contributed by atoms with Crippen molar-refractivity contribution < 1.29 is 4.39 Å². The summed E-state index contributed by atoms with van der Waals surface area (Å²) in [6, 6.07) is 4.62. The van der Waals surface area contributed by atoms with Gasteiger partial charge in [-0.1, -0.05) is 38.3 Å². The van der Waals surface area contributed by atoms with E-state index in [9.17, 15) is 4.39 Å². The maximum atomic E-state index is 13.4. The summed E-state index contributed by atoms with van der Waals surface area (Å²) < 4.78 is 13.4. The highest BCUT2D eigenvalue weighted by Crippen LogP contribution is 2.46. The Morgan fingerprint density at radius 2 is 1.95 bits per heavy atom. The van der Waals surface area contributed by atoms with Crippen LogP contribution in [-0.4, -0.2) is 6.04 Å². The number of nitrogens with two attached hydrogens (primary N) is 1. The second kappa shape index (κ2) is 6.44. The highest BCUT2D eigenvalue weighted by molar-refractivity contribution is 6.31. The van der Waals surface area contributed by atoms with Gasteiger partial charge in [-0.25, -0.2) is 4.39 Å². The van der Waals surface area contributed by atoms with E-state index < -0.39 is 0 Å². The average molecular weight is 298 g/mol. The van der Waals surface area contributed by atoms with E-state index in [2.05, 4.69) is 13.8 Å². The van der Waals surface area contributed by atoms with Gasteiger partial charge in [-0.15, -0.1) is 0 Å². The molecule has 0 amide bonds. The van der Waals surface area contributed by atoms with Crippen molar-refractivity contribution in [2.45, 2.75) is 58.4 Å². The molecule has 1 atom stereocenters. The van der Waals surface area contributed by atoms with Gasteiger partial charge >= 0.3 is 0 Å². The van der Waals surface area contributed by atoms with Gasteiger partial charge in [0.25, 0.3) is 0 Å². The fraction of sp³-hybridized carbons (Fsp3) is 0.647. The molecule has 0 aromatic heterocycles. The third-order valence-corrected chi connectivity index (χ3v) is 5.02. The van der Waals surface area contributed by atoms with Crippen LogP contribution in [0.25, 0.3) is 0 Å². The van der Waals surface area contributed by atoms with Crippen molar-refractivity contribution in [2.24, 2.45) is 17.1 Å². The van der Waals surface area contributed by atoms with Crippen LogP contribution in [0, 0.1) is 17.2 Å². The molecule has 112 valence electrons. The summed E-state index contributed by atoms with van der Waals surface area (Å²) in [5.74, 6) is 0.406. The fourth-order valence-corrected chi connectivity index (χ4v) is 3.97. The van der Waals surface area contributed by atoms with Crippen molar-refractivity contribution >= 4 is 11.6 Å². The van der Waals surface area contributed by atoms with E-state index in [0.717, 1.165) is 12.0 Å². The van der Waals surface area contributed by atoms with Gasteiger partial charge in [0.2, 0.25) is 0 Å². The average Bonchev–Trinajstić information content (AvgIpc) is 2.82. The number of rotatable bonds is 5. The first-order chi connectivity index (χ1) is 9.43. The highest BCUT2D eigenvalue weighted by atomic mass is 35.5. The maximum absolute atomic E-state index is 13.4. The Balaban J connectivity index is 2.16. The quantitative estimate of drug-likeness (QED) is 0.817. The van der Waals surface area contributed by atoms with E-state index in [1.54, 1.807) is 6.07 Å². The Morgan fingerprint density at radius 3 is 2.55 bits per heavy atom. The van der Waals surface area contributed by atoms with E-state index in [1.165, 1.54) is 37.8 Å². The van der Waals surface area contributed by atoms with Crippen LogP contribution in [0.1, 0.15) is 51.5 Å². The first-order valence-corrected chi connectivity index (χ1v) is 8.00. The minimum atomic E-state index is -0.235. The van der Waals surface area contributed by atoms with Crippen molar-refractivity contribution in [3.8, 4) is 0 Å². The lowest BCUT2D eigenvalue weighted by Crippen LogP contribution is -2.42. The van der Waals surface area contributed by atoms with Gasteiger partial charge in [0.05, 0.1) is 0 Å². The van der Waals surface area contributed by atoms with E-state index in [-0.39, 0.29) is 17.3 Å². The molecule has 1 fully saturated rings. The third-order valence-electron chi connectivity index (χ3n) is 4.65. The summed E-state index contributed by atoms with van der Waals surface area (Å²) in [7, 11) is 0. The van der Waals surface area contributed by atoms with E-state index in [1.807, 2.05) is 0 Å². The van der Waals surface area contributed by atoms with Crippen molar-refractivity contribution in [3.63, 3.8) is 0 Å². The molecule has 1 aromatic rings. The molecule has 1 saturated carbocycles. The maximum Gasteiger partial charge on any atom is 0.123 e. The van der Waals surface area contributed by atoms with E-state index >= 15 is 0 Å². The Labute approximate surface area is 126 Å². The van der Waals surface area contributed by atoms with Crippen LogP contribution >= 0.6 is 11.6 Å². The van der Waals surface area contributed by atoms with Gasteiger partial charge in [-0.2, -0.15) is 0 Å². The van der Waals surface area contributed by atoms with Gasteiger partial charge in [0, 0.05) is 11.1 Å². The lowest BCUT2D eigenvalue weighted by Gasteiger charge is -2.37. The van der Waals surface area contributed by atoms with E-state index in [0.29, 0.717) is 17.4 Å². The molecule has 2 rings (SSSR count). The molecule has 1 aromatic carbocycles. The molecule has 3 heteroatoms. The smallest absolute Gasteiger partial charge is 0.123 e. The zero-order chi connectivity index (χ0) is 14.8. The molecule has 0 bridgehead atoms. The minimum absolute atomic E-state index is 0.0618. The van der Waals surface area contributed by atoms with Gasteiger partial charge in [0.15, 0.2) is 0 Å². The molecule has 1 nitrogen and oxygen atoms in total. The summed E-state index contributed by atoms with van der Waals surface area (Å²) in [4.78, 5) is 0. The molecule has 1 aliphatic rings. The molecular formula is C17H25ClFN. The van der Waals surface area contributed by atoms with Crippen molar-refractivity contribution in [3.05, 3.63) is 34.6 Å². The van der Waals surface area contributed by atoms with Gasteiger partial charge in [0.1, 0.15) is 5.82 Å².